The highest BCUT2D eigenvalue weighted by Gasteiger charge is 2.09. The maximum atomic E-state index is 5.71. The van der Waals surface area contributed by atoms with E-state index in [0.29, 0.717) is 19.7 Å². The molecule has 0 fully saturated rings. The summed E-state index contributed by atoms with van der Waals surface area (Å²) in [5, 5.41) is 6.81. The van der Waals surface area contributed by atoms with Crippen LogP contribution in [0, 0.1) is 0 Å². The number of hydrogen-bond acceptors (Lipinski definition) is 4. The fourth-order valence-corrected chi connectivity index (χ4v) is 3.42. The predicted molar refractivity (Wildman–Crippen MR) is 125 cm³/mol. The monoisotopic (exact) mass is 420 g/mol. The summed E-state index contributed by atoms with van der Waals surface area (Å²) in [5.41, 5.74) is 3.62. The summed E-state index contributed by atoms with van der Waals surface area (Å²) in [7, 11) is 3.88. The van der Waals surface area contributed by atoms with E-state index in [-0.39, 0.29) is 0 Å². The molecule has 0 unspecified atom stereocenters. The van der Waals surface area contributed by atoms with Crippen LogP contribution < -0.4 is 15.4 Å². The van der Waals surface area contributed by atoms with Crippen molar-refractivity contribution in [2.45, 2.75) is 33.1 Å². The fraction of sp³-hybridized carbons (Fsp3) is 0.320. The summed E-state index contributed by atoms with van der Waals surface area (Å²) in [6.07, 6.45) is 1.71. The third-order valence-corrected chi connectivity index (χ3v) is 4.95. The van der Waals surface area contributed by atoms with E-state index in [0.717, 1.165) is 36.1 Å². The van der Waals surface area contributed by atoms with Crippen LogP contribution in [-0.4, -0.2) is 31.6 Å². The number of nitrogens with zero attached hydrogens (tertiary/aromatic N) is 2. The van der Waals surface area contributed by atoms with Crippen molar-refractivity contribution in [1.29, 1.82) is 0 Å². The Labute approximate surface area is 184 Å². The maximum absolute atomic E-state index is 5.71. The number of rotatable bonds is 10. The molecule has 2 N–H and O–H groups in total. The number of para-hydroxylation sites is 1. The molecule has 0 spiro atoms. The third-order valence-electron chi connectivity index (χ3n) is 4.95. The van der Waals surface area contributed by atoms with Crippen molar-refractivity contribution in [3.8, 4) is 5.75 Å². The number of nitrogens with one attached hydrogen (secondary N) is 2. The van der Waals surface area contributed by atoms with Crippen molar-refractivity contribution in [3.05, 3.63) is 89.4 Å². The highest BCUT2D eigenvalue weighted by molar-refractivity contribution is 5.79. The van der Waals surface area contributed by atoms with E-state index in [1.807, 2.05) is 37.3 Å². The fourth-order valence-electron chi connectivity index (χ4n) is 3.42. The van der Waals surface area contributed by atoms with Crippen LogP contribution in [0.4, 0.5) is 0 Å². The van der Waals surface area contributed by atoms with E-state index in [2.05, 4.69) is 57.9 Å². The Balaban J connectivity index is 1.56. The second-order valence-corrected chi connectivity index (χ2v) is 7.34. The number of guanidine groups is 1. The summed E-state index contributed by atoms with van der Waals surface area (Å²) in [6.45, 7) is 5.59. The molecule has 3 aromatic rings. The largest absolute Gasteiger partial charge is 0.494 e. The molecule has 2 aromatic carbocycles. The highest BCUT2D eigenvalue weighted by atomic mass is 16.5. The van der Waals surface area contributed by atoms with Gasteiger partial charge in [-0.05, 0) is 43.3 Å². The molecule has 0 saturated heterocycles. The summed E-state index contributed by atoms with van der Waals surface area (Å²) < 4.78 is 11.2. The molecule has 1 aromatic heterocycles. The SMILES string of the molecule is CCOc1ccccc1CNC(=NC)NCc1ccccc1CN(C)Cc1ccco1. The van der Waals surface area contributed by atoms with Crippen molar-refractivity contribution in [3.63, 3.8) is 0 Å². The Morgan fingerprint density at radius 1 is 0.903 bits per heavy atom. The molecule has 0 saturated carbocycles. The van der Waals surface area contributed by atoms with E-state index in [9.17, 15) is 0 Å². The van der Waals surface area contributed by atoms with Crippen LogP contribution in [0.1, 0.15) is 29.4 Å². The molecule has 3 rings (SSSR count). The standard InChI is InChI=1S/C25H32N4O2/c1-4-30-24-14-8-7-11-21(24)17-28-25(26-2)27-16-20-10-5-6-12-22(20)18-29(3)19-23-13-9-15-31-23/h5-15H,4,16-19H2,1-3H3,(H2,26,27,28). The molecule has 0 atom stereocenters. The molecule has 31 heavy (non-hydrogen) atoms. The van der Waals surface area contributed by atoms with Gasteiger partial charge in [0, 0.05) is 32.2 Å². The van der Waals surface area contributed by atoms with Gasteiger partial charge in [0.25, 0.3) is 0 Å². The second kappa shape index (κ2) is 11.8. The summed E-state index contributed by atoms with van der Waals surface area (Å²) >= 11 is 0. The van der Waals surface area contributed by atoms with Crippen molar-refractivity contribution in [2.75, 3.05) is 20.7 Å². The molecule has 6 nitrogen and oxygen atoms in total. The van der Waals surface area contributed by atoms with Gasteiger partial charge in [0.2, 0.25) is 0 Å². The van der Waals surface area contributed by atoms with Gasteiger partial charge in [-0.1, -0.05) is 42.5 Å². The summed E-state index contributed by atoms with van der Waals surface area (Å²) in [6, 6.07) is 20.5. The van der Waals surface area contributed by atoms with Crippen LogP contribution in [0.2, 0.25) is 0 Å². The molecule has 0 aliphatic rings. The predicted octanol–water partition coefficient (Wildman–Crippen LogP) is 4.18. The average Bonchev–Trinajstić information content (AvgIpc) is 3.29. The first-order chi connectivity index (χ1) is 15.2. The van der Waals surface area contributed by atoms with Gasteiger partial charge in [-0.25, -0.2) is 0 Å². The molecule has 6 heteroatoms. The zero-order chi connectivity index (χ0) is 21.9. The van der Waals surface area contributed by atoms with Gasteiger partial charge in [0.15, 0.2) is 5.96 Å². The van der Waals surface area contributed by atoms with Gasteiger partial charge >= 0.3 is 0 Å². The van der Waals surface area contributed by atoms with Crippen molar-refractivity contribution in [1.82, 2.24) is 15.5 Å². The topological polar surface area (TPSA) is 62.0 Å². The minimum atomic E-state index is 0.642. The first-order valence-electron chi connectivity index (χ1n) is 10.6. The molecule has 0 amide bonds. The number of furan rings is 1. The van der Waals surface area contributed by atoms with Gasteiger partial charge in [0.1, 0.15) is 11.5 Å². The van der Waals surface area contributed by atoms with E-state index < -0.39 is 0 Å². The van der Waals surface area contributed by atoms with E-state index in [1.165, 1.54) is 11.1 Å². The quantitative estimate of drug-likeness (QED) is 0.381. The van der Waals surface area contributed by atoms with Gasteiger partial charge in [-0.3, -0.25) is 9.89 Å². The first kappa shape index (κ1) is 22.4. The average molecular weight is 421 g/mol. The Morgan fingerprint density at radius 3 is 2.26 bits per heavy atom. The third kappa shape index (κ3) is 6.89. The lowest BCUT2D eigenvalue weighted by atomic mass is 10.1. The minimum Gasteiger partial charge on any atom is -0.494 e. The molecule has 0 aliphatic heterocycles. The zero-order valence-corrected chi connectivity index (χ0v) is 18.6. The lowest BCUT2D eigenvalue weighted by molar-refractivity contribution is 0.287. The smallest absolute Gasteiger partial charge is 0.191 e. The molecule has 1 heterocycles. The first-order valence-corrected chi connectivity index (χ1v) is 10.6. The van der Waals surface area contributed by atoms with Gasteiger partial charge in [-0.15, -0.1) is 0 Å². The Bertz CT molecular complexity index is 954. The normalized spacial score (nSPS) is 11.5. The van der Waals surface area contributed by atoms with Gasteiger partial charge in [0.05, 0.1) is 19.4 Å². The zero-order valence-electron chi connectivity index (χ0n) is 18.6. The molecular weight excluding hydrogens is 388 g/mol. The summed E-state index contributed by atoms with van der Waals surface area (Å²) in [4.78, 5) is 6.61. The molecule has 0 aliphatic carbocycles. The van der Waals surface area contributed by atoms with Gasteiger partial charge in [-0.2, -0.15) is 0 Å². The highest BCUT2D eigenvalue weighted by Crippen LogP contribution is 2.17. The van der Waals surface area contributed by atoms with Crippen LogP contribution in [0.25, 0.3) is 0 Å². The van der Waals surface area contributed by atoms with Crippen molar-refractivity contribution >= 4 is 5.96 Å². The van der Waals surface area contributed by atoms with E-state index in [4.69, 9.17) is 9.15 Å². The second-order valence-electron chi connectivity index (χ2n) is 7.34. The number of benzene rings is 2. The van der Waals surface area contributed by atoms with E-state index >= 15 is 0 Å². The van der Waals surface area contributed by atoms with Crippen molar-refractivity contribution in [2.24, 2.45) is 4.99 Å². The van der Waals surface area contributed by atoms with E-state index in [1.54, 1.807) is 13.3 Å². The summed E-state index contributed by atoms with van der Waals surface area (Å²) in [5.74, 6) is 2.62. The molecule has 164 valence electrons. The number of aliphatic imine (C=N–C) groups is 1. The minimum absolute atomic E-state index is 0.642. The number of hydrogen-bond donors (Lipinski definition) is 2. The molecule has 0 radical (unpaired) electrons. The van der Waals surface area contributed by atoms with Gasteiger partial charge < -0.3 is 19.8 Å². The Morgan fingerprint density at radius 2 is 1.58 bits per heavy atom. The lowest BCUT2D eigenvalue weighted by Crippen LogP contribution is -2.36. The van der Waals surface area contributed by atoms with Crippen LogP contribution in [-0.2, 0) is 26.2 Å². The van der Waals surface area contributed by atoms with Crippen LogP contribution in [0.15, 0.2) is 76.3 Å². The number of ether oxygens (including phenoxy) is 1. The lowest BCUT2D eigenvalue weighted by Gasteiger charge is -2.19. The van der Waals surface area contributed by atoms with Crippen molar-refractivity contribution < 1.29 is 9.15 Å². The van der Waals surface area contributed by atoms with Crippen LogP contribution >= 0.6 is 0 Å². The Kier molecular flexibility index (Phi) is 8.55. The molecule has 0 bridgehead atoms. The van der Waals surface area contributed by atoms with Crippen LogP contribution in [0.5, 0.6) is 5.75 Å². The molecular formula is C25H32N4O2. The Hall–Kier alpha value is -3.25. The van der Waals surface area contributed by atoms with Crippen LogP contribution in [0.3, 0.4) is 0 Å². The maximum Gasteiger partial charge on any atom is 0.191 e.